The molecule has 5 heteroatoms. The zero-order chi connectivity index (χ0) is 9.97. The lowest BCUT2D eigenvalue weighted by Crippen LogP contribution is -1.90. The van der Waals surface area contributed by atoms with E-state index in [-0.39, 0.29) is 0 Å². The Balaban J connectivity index is 2.58. The van der Waals surface area contributed by atoms with Crippen LogP contribution < -0.4 is 0 Å². The van der Waals surface area contributed by atoms with Gasteiger partial charge < -0.3 is 0 Å². The van der Waals surface area contributed by atoms with E-state index in [1.165, 1.54) is 0 Å². The molecule has 2 rings (SSSR count). The largest absolute Gasteiger partial charge is 0.274 e. The van der Waals surface area contributed by atoms with Gasteiger partial charge >= 0.3 is 0 Å². The highest BCUT2D eigenvalue weighted by Gasteiger charge is 2.10. The van der Waals surface area contributed by atoms with Gasteiger partial charge in [-0.1, -0.05) is 0 Å². The van der Waals surface area contributed by atoms with Crippen LogP contribution in [0.25, 0.3) is 11.4 Å². The second-order valence-corrected chi connectivity index (χ2v) is 2.77. The zero-order valence-electron chi connectivity index (χ0n) is 7.55. The average molecular weight is 185 g/mol. The van der Waals surface area contributed by atoms with E-state index in [1.54, 1.807) is 36.5 Å². The molecule has 0 atom stereocenters. The molecule has 0 bridgehead atoms. The quantitative estimate of drug-likeness (QED) is 0.657. The minimum absolute atomic E-state index is 0.507. The first-order chi connectivity index (χ1) is 6.81. The number of hydrogen-bond acceptors (Lipinski definition) is 4. The average Bonchev–Trinajstić information content (AvgIpc) is 2.61. The predicted octanol–water partition coefficient (Wildman–Crippen LogP) is 0.749. The first-order valence-electron chi connectivity index (χ1n) is 4.01. The number of hydrogen-bond donors (Lipinski definition) is 0. The molecule has 0 fully saturated rings. The van der Waals surface area contributed by atoms with Gasteiger partial charge in [-0.2, -0.15) is 10.4 Å². The lowest BCUT2D eigenvalue weighted by Gasteiger charge is -1.93. The van der Waals surface area contributed by atoms with E-state index in [9.17, 15) is 0 Å². The van der Waals surface area contributed by atoms with Crippen LogP contribution in [0, 0.1) is 11.3 Å². The Morgan fingerprint density at radius 2 is 2.29 bits per heavy atom. The third-order valence-corrected chi connectivity index (χ3v) is 1.76. The van der Waals surface area contributed by atoms with Crippen LogP contribution in [-0.2, 0) is 7.05 Å². The lowest BCUT2D eigenvalue weighted by atomic mass is 10.2. The van der Waals surface area contributed by atoms with Gasteiger partial charge in [0.05, 0.1) is 11.8 Å². The highest BCUT2D eigenvalue weighted by molar-refractivity contribution is 5.61. The van der Waals surface area contributed by atoms with Gasteiger partial charge in [0.25, 0.3) is 0 Å². The number of nitriles is 1. The van der Waals surface area contributed by atoms with Crippen molar-refractivity contribution >= 4 is 0 Å². The van der Waals surface area contributed by atoms with Crippen LogP contribution in [0.4, 0.5) is 0 Å². The van der Waals surface area contributed by atoms with Gasteiger partial charge in [-0.3, -0.25) is 14.6 Å². The van der Waals surface area contributed by atoms with Crippen LogP contribution in [0.2, 0.25) is 0 Å². The Morgan fingerprint density at radius 3 is 2.93 bits per heavy atom. The first-order valence-corrected chi connectivity index (χ1v) is 4.01. The smallest absolute Gasteiger partial charge is 0.130 e. The summed E-state index contributed by atoms with van der Waals surface area (Å²) in [6.07, 6.45) is 6.40. The van der Waals surface area contributed by atoms with Crippen LogP contribution >= 0.6 is 0 Å². The molecule has 0 spiro atoms. The highest BCUT2D eigenvalue weighted by Crippen LogP contribution is 2.17. The number of aromatic nitrogens is 4. The summed E-state index contributed by atoms with van der Waals surface area (Å²) in [6.45, 7) is 0. The van der Waals surface area contributed by atoms with Crippen LogP contribution in [0.3, 0.4) is 0 Å². The molecule has 68 valence electrons. The van der Waals surface area contributed by atoms with E-state index >= 15 is 0 Å². The second-order valence-electron chi connectivity index (χ2n) is 2.77. The standard InChI is InChI=1S/C9H7N5/c1-14-6-7(4-10)9(13-14)8-5-11-2-3-12-8/h2-3,5-6H,1H3. The first kappa shape index (κ1) is 8.38. The van der Waals surface area contributed by atoms with Crippen molar-refractivity contribution in [2.45, 2.75) is 0 Å². The Hall–Kier alpha value is -2.22. The third kappa shape index (κ3) is 1.33. The SMILES string of the molecule is Cn1cc(C#N)c(-c2cnccn2)n1. The summed E-state index contributed by atoms with van der Waals surface area (Å²) in [5, 5.41) is 13.0. The Morgan fingerprint density at radius 1 is 1.43 bits per heavy atom. The summed E-state index contributed by atoms with van der Waals surface area (Å²) >= 11 is 0. The number of rotatable bonds is 1. The lowest BCUT2D eigenvalue weighted by molar-refractivity contribution is 0.769. The van der Waals surface area contributed by atoms with Crippen molar-refractivity contribution in [2.24, 2.45) is 7.05 Å². The van der Waals surface area contributed by atoms with Crippen LogP contribution in [0.1, 0.15) is 5.56 Å². The molecule has 0 radical (unpaired) electrons. The number of aryl methyl sites for hydroxylation is 1. The van der Waals surface area contributed by atoms with Gasteiger partial charge in [-0.15, -0.1) is 0 Å². The van der Waals surface area contributed by atoms with Crippen molar-refractivity contribution in [1.82, 2.24) is 19.7 Å². The van der Waals surface area contributed by atoms with Crippen molar-refractivity contribution in [3.05, 3.63) is 30.4 Å². The molecule has 5 nitrogen and oxygen atoms in total. The van der Waals surface area contributed by atoms with E-state index in [4.69, 9.17) is 5.26 Å². The fourth-order valence-electron chi connectivity index (χ4n) is 1.18. The maximum Gasteiger partial charge on any atom is 0.130 e. The van der Waals surface area contributed by atoms with Crippen molar-refractivity contribution in [2.75, 3.05) is 0 Å². The van der Waals surface area contributed by atoms with Crippen LogP contribution in [0.5, 0.6) is 0 Å². The molecular weight excluding hydrogens is 178 g/mol. The van der Waals surface area contributed by atoms with Gasteiger partial charge in [-0.05, 0) is 0 Å². The molecule has 0 aromatic carbocycles. The fraction of sp³-hybridized carbons (Fsp3) is 0.111. The summed E-state index contributed by atoms with van der Waals surface area (Å²) in [7, 11) is 1.76. The van der Waals surface area contributed by atoms with Gasteiger partial charge in [0.1, 0.15) is 17.5 Å². The van der Waals surface area contributed by atoms with Crippen molar-refractivity contribution < 1.29 is 0 Å². The molecule has 0 aliphatic rings. The minimum Gasteiger partial charge on any atom is -0.274 e. The molecule has 0 N–H and O–H groups in total. The summed E-state index contributed by atoms with van der Waals surface area (Å²) in [5.41, 5.74) is 1.70. The maximum atomic E-state index is 8.84. The van der Waals surface area contributed by atoms with E-state index in [2.05, 4.69) is 21.1 Å². The molecular formula is C9H7N5. The molecule has 2 heterocycles. The van der Waals surface area contributed by atoms with E-state index in [0.29, 0.717) is 17.0 Å². The zero-order valence-corrected chi connectivity index (χ0v) is 7.55. The molecule has 14 heavy (non-hydrogen) atoms. The third-order valence-electron chi connectivity index (χ3n) is 1.76. The minimum atomic E-state index is 0.507. The van der Waals surface area contributed by atoms with Crippen molar-refractivity contribution in [1.29, 1.82) is 5.26 Å². The maximum absolute atomic E-state index is 8.84. The van der Waals surface area contributed by atoms with Crippen molar-refractivity contribution in [3.63, 3.8) is 0 Å². The Bertz CT molecular complexity index is 480. The topological polar surface area (TPSA) is 67.4 Å². The summed E-state index contributed by atoms with van der Waals surface area (Å²) in [6, 6.07) is 2.06. The van der Waals surface area contributed by atoms with Crippen molar-refractivity contribution in [3.8, 4) is 17.5 Å². The fourth-order valence-corrected chi connectivity index (χ4v) is 1.18. The molecule has 2 aromatic heterocycles. The molecule has 0 amide bonds. The van der Waals surface area contributed by atoms with Gasteiger partial charge in [0, 0.05) is 25.6 Å². The van der Waals surface area contributed by atoms with E-state index in [1.807, 2.05) is 0 Å². The molecule has 0 aliphatic heterocycles. The molecule has 0 saturated heterocycles. The Kier molecular flexibility index (Phi) is 1.95. The number of nitrogens with zero attached hydrogens (tertiary/aromatic N) is 5. The van der Waals surface area contributed by atoms with E-state index in [0.717, 1.165) is 0 Å². The molecule has 0 aliphatic carbocycles. The monoisotopic (exact) mass is 185 g/mol. The second kappa shape index (κ2) is 3.26. The molecule has 2 aromatic rings. The summed E-state index contributed by atoms with van der Waals surface area (Å²) in [4.78, 5) is 8.01. The summed E-state index contributed by atoms with van der Waals surface area (Å²) < 4.78 is 1.59. The van der Waals surface area contributed by atoms with E-state index < -0.39 is 0 Å². The normalized spacial score (nSPS) is 9.71. The molecule has 0 unspecified atom stereocenters. The van der Waals surface area contributed by atoms with Gasteiger partial charge in [-0.25, -0.2) is 0 Å². The highest BCUT2D eigenvalue weighted by atomic mass is 15.3. The van der Waals surface area contributed by atoms with Gasteiger partial charge in [0.2, 0.25) is 0 Å². The Labute approximate surface area is 80.7 Å². The van der Waals surface area contributed by atoms with Crippen LogP contribution in [-0.4, -0.2) is 19.7 Å². The molecule has 0 saturated carbocycles. The van der Waals surface area contributed by atoms with Crippen LogP contribution in [0.15, 0.2) is 24.8 Å². The summed E-state index contributed by atoms with van der Waals surface area (Å²) in [5.74, 6) is 0. The van der Waals surface area contributed by atoms with Gasteiger partial charge in [0.15, 0.2) is 0 Å². The predicted molar refractivity (Wildman–Crippen MR) is 48.9 cm³/mol.